The van der Waals surface area contributed by atoms with Crippen LogP contribution in [0.4, 0.5) is 0 Å². The van der Waals surface area contributed by atoms with Gasteiger partial charge in [0.05, 0.1) is 5.60 Å². The number of aliphatic hydroxyl groups excluding tert-OH is 1. The summed E-state index contributed by atoms with van der Waals surface area (Å²) in [7, 11) is 0. The Morgan fingerprint density at radius 2 is 1.78 bits per heavy atom. The molecule has 0 saturated heterocycles. The van der Waals surface area contributed by atoms with Crippen LogP contribution in [0.3, 0.4) is 0 Å². The summed E-state index contributed by atoms with van der Waals surface area (Å²) >= 11 is 0. The smallest absolute Gasteiger partial charge is 0.185 e. The Bertz CT molecular complexity index is 72.9. The molecule has 1 unspecified atom stereocenters. The van der Waals surface area contributed by atoms with Crippen molar-refractivity contribution in [1.29, 1.82) is 0 Å². The number of hydrogen-bond donors (Lipinski definition) is 1. The van der Waals surface area contributed by atoms with E-state index < -0.39 is 6.29 Å². The fourth-order valence-corrected chi connectivity index (χ4v) is 0.214. The number of aliphatic hydroxyl groups is 1. The first kappa shape index (κ1) is 8.88. The molecule has 0 fully saturated rings. The minimum absolute atomic E-state index is 0.350. The second-order valence-electron chi connectivity index (χ2n) is 2.89. The van der Waals surface area contributed by atoms with E-state index in [1.807, 2.05) is 20.8 Å². The van der Waals surface area contributed by atoms with Crippen molar-refractivity contribution in [3.05, 3.63) is 0 Å². The zero-order valence-corrected chi connectivity index (χ0v) is 6.34. The maximum Gasteiger partial charge on any atom is 0.185 e. The van der Waals surface area contributed by atoms with Gasteiger partial charge >= 0.3 is 0 Å². The van der Waals surface area contributed by atoms with Gasteiger partial charge in [-0.05, 0) is 27.7 Å². The Labute approximate surface area is 55.5 Å². The summed E-state index contributed by atoms with van der Waals surface area (Å²) in [5.74, 6) is 0. The summed E-state index contributed by atoms with van der Waals surface area (Å²) in [5, 5.41) is 8.57. The van der Waals surface area contributed by atoms with Crippen molar-refractivity contribution in [2.45, 2.75) is 39.6 Å². The van der Waals surface area contributed by atoms with Crippen LogP contribution in [0.25, 0.3) is 0 Å². The maximum atomic E-state index is 8.57. The fraction of sp³-hybridized carbons (Fsp3) is 1.00. The molecule has 0 aliphatic heterocycles. The van der Waals surface area contributed by atoms with Crippen LogP contribution in [0.2, 0.25) is 0 Å². The third kappa shape index (κ3) is 7.88. The molecule has 0 aliphatic carbocycles. The van der Waals surface area contributed by atoms with Crippen molar-refractivity contribution in [2.24, 2.45) is 0 Å². The lowest BCUT2D eigenvalue weighted by atomic mass is 10.2. The first-order valence-corrected chi connectivity index (χ1v) is 2.94. The van der Waals surface area contributed by atoms with Gasteiger partial charge in [-0.25, -0.2) is 9.78 Å². The Morgan fingerprint density at radius 1 is 1.33 bits per heavy atom. The van der Waals surface area contributed by atoms with Crippen molar-refractivity contribution in [3.63, 3.8) is 0 Å². The molecule has 0 aromatic rings. The van der Waals surface area contributed by atoms with Gasteiger partial charge in [0.25, 0.3) is 0 Å². The van der Waals surface area contributed by atoms with Crippen LogP contribution < -0.4 is 0 Å². The average Bonchev–Trinajstić information content (AvgIpc) is 1.59. The molecule has 3 nitrogen and oxygen atoms in total. The normalized spacial score (nSPS) is 15.7. The summed E-state index contributed by atoms with van der Waals surface area (Å²) in [5.41, 5.74) is -0.350. The highest BCUT2D eigenvalue weighted by molar-refractivity contribution is 4.54. The van der Waals surface area contributed by atoms with E-state index in [2.05, 4.69) is 4.89 Å². The molecule has 0 aliphatic rings. The summed E-state index contributed by atoms with van der Waals surface area (Å²) in [6.45, 7) is 7.02. The predicted molar refractivity (Wildman–Crippen MR) is 33.6 cm³/mol. The maximum absolute atomic E-state index is 8.57. The third-order valence-corrected chi connectivity index (χ3v) is 0.437. The molecule has 0 spiro atoms. The summed E-state index contributed by atoms with van der Waals surface area (Å²) in [6.07, 6.45) is -0.857. The molecule has 0 heterocycles. The zero-order chi connectivity index (χ0) is 7.49. The Kier molecular flexibility index (Phi) is 3.11. The predicted octanol–water partition coefficient (Wildman–Crippen LogP) is 1.07. The first-order valence-electron chi connectivity index (χ1n) is 2.94. The molecular formula is C6H14O3. The van der Waals surface area contributed by atoms with Crippen LogP contribution in [-0.2, 0) is 9.78 Å². The van der Waals surface area contributed by atoms with Gasteiger partial charge in [0.15, 0.2) is 6.29 Å². The lowest BCUT2D eigenvalue weighted by molar-refractivity contribution is -0.405. The quantitative estimate of drug-likeness (QED) is 0.349. The summed E-state index contributed by atoms with van der Waals surface area (Å²) in [6, 6.07) is 0. The van der Waals surface area contributed by atoms with E-state index in [1.165, 1.54) is 6.92 Å². The zero-order valence-electron chi connectivity index (χ0n) is 6.34. The SMILES string of the molecule is CC(O)OOC(C)(C)C. The van der Waals surface area contributed by atoms with Gasteiger partial charge in [0.2, 0.25) is 0 Å². The lowest BCUT2D eigenvalue weighted by Crippen LogP contribution is -2.22. The van der Waals surface area contributed by atoms with Gasteiger partial charge < -0.3 is 5.11 Å². The van der Waals surface area contributed by atoms with Gasteiger partial charge in [-0.3, -0.25) is 0 Å². The highest BCUT2D eigenvalue weighted by atomic mass is 17.2. The molecule has 0 saturated carbocycles. The monoisotopic (exact) mass is 134 g/mol. The van der Waals surface area contributed by atoms with Crippen LogP contribution in [0.15, 0.2) is 0 Å². The third-order valence-electron chi connectivity index (χ3n) is 0.437. The molecule has 3 heteroatoms. The fourth-order valence-electron chi connectivity index (χ4n) is 0.214. The summed E-state index contributed by atoms with van der Waals surface area (Å²) in [4.78, 5) is 9.20. The number of rotatable bonds is 2. The standard InChI is InChI=1S/C6H14O3/c1-5(7)8-9-6(2,3)4/h5,7H,1-4H3. The van der Waals surface area contributed by atoms with E-state index in [9.17, 15) is 0 Å². The largest absolute Gasteiger partial charge is 0.366 e. The van der Waals surface area contributed by atoms with E-state index in [0.717, 1.165) is 0 Å². The molecule has 0 amide bonds. The molecule has 9 heavy (non-hydrogen) atoms. The van der Waals surface area contributed by atoms with Crippen LogP contribution in [0, 0.1) is 0 Å². The molecule has 0 aromatic carbocycles. The number of hydrogen-bond acceptors (Lipinski definition) is 3. The Balaban J connectivity index is 3.28. The minimum Gasteiger partial charge on any atom is -0.366 e. The van der Waals surface area contributed by atoms with Crippen LogP contribution in [0.5, 0.6) is 0 Å². The van der Waals surface area contributed by atoms with Crippen molar-refractivity contribution < 1.29 is 14.9 Å². The lowest BCUT2D eigenvalue weighted by Gasteiger charge is -2.18. The molecule has 0 rings (SSSR count). The van der Waals surface area contributed by atoms with Gasteiger partial charge in [0, 0.05) is 0 Å². The molecule has 1 N–H and O–H groups in total. The van der Waals surface area contributed by atoms with Crippen molar-refractivity contribution in [3.8, 4) is 0 Å². The topological polar surface area (TPSA) is 38.7 Å². The average molecular weight is 134 g/mol. The van der Waals surface area contributed by atoms with Gasteiger partial charge in [-0.15, -0.1) is 0 Å². The van der Waals surface area contributed by atoms with E-state index in [-0.39, 0.29) is 5.60 Å². The van der Waals surface area contributed by atoms with Crippen LogP contribution in [-0.4, -0.2) is 17.0 Å². The molecular weight excluding hydrogens is 120 g/mol. The second-order valence-corrected chi connectivity index (χ2v) is 2.89. The van der Waals surface area contributed by atoms with Gasteiger partial charge in [0.1, 0.15) is 0 Å². The summed E-state index contributed by atoms with van der Waals surface area (Å²) < 4.78 is 0. The molecule has 0 radical (unpaired) electrons. The molecule has 1 atom stereocenters. The van der Waals surface area contributed by atoms with Crippen molar-refractivity contribution >= 4 is 0 Å². The van der Waals surface area contributed by atoms with E-state index >= 15 is 0 Å². The van der Waals surface area contributed by atoms with E-state index in [0.29, 0.717) is 0 Å². The van der Waals surface area contributed by atoms with Crippen molar-refractivity contribution in [1.82, 2.24) is 0 Å². The van der Waals surface area contributed by atoms with Gasteiger partial charge in [-0.2, -0.15) is 0 Å². The highest BCUT2D eigenvalue weighted by Gasteiger charge is 2.12. The molecule has 0 bridgehead atoms. The van der Waals surface area contributed by atoms with Crippen LogP contribution >= 0.6 is 0 Å². The van der Waals surface area contributed by atoms with E-state index in [4.69, 9.17) is 9.99 Å². The Morgan fingerprint density at radius 3 is 1.89 bits per heavy atom. The van der Waals surface area contributed by atoms with E-state index in [1.54, 1.807) is 0 Å². The molecule has 56 valence electrons. The van der Waals surface area contributed by atoms with Crippen LogP contribution in [0.1, 0.15) is 27.7 Å². The minimum atomic E-state index is -0.857. The molecule has 0 aromatic heterocycles. The first-order chi connectivity index (χ1) is 3.92. The van der Waals surface area contributed by atoms with Crippen molar-refractivity contribution in [2.75, 3.05) is 0 Å². The second kappa shape index (κ2) is 3.15. The highest BCUT2D eigenvalue weighted by Crippen LogP contribution is 2.07. The van der Waals surface area contributed by atoms with Gasteiger partial charge in [-0.1, -0.05) is 0 Å². The Hall–Kier alpha value is -0.120.